The maximum Gasteiger partial charge on any atom is 0.119 e. The number of imidazole rings is 1. The van der Waals surface area contributed by atoms with E-state index in [0.717, 1.165) is 28.5 Å². The number of hydrogen-bond acceptors (Lipinski definition) is 2. The zero-order valence-corrected chi connectivity index (χ0v) is 9.87. The van der Waals surface area contributed by atoms with Crippen LogP contribution < -0.4 is 4.74 Å². The van der Waals surface area contributed by atoms with Gasteiger partial charge in [-0.15, -0.1) is 0 Å². The first kappa shape index (κ1) is 10.7. The van der Waals surface area contributed by atoms with Crippen LogP contribution in [-0.2, 0) is 0 Å². The first-order valence-corrected chi connectivity index (χ1v) is 5.47. The van der Waals surface area contributed by atoms with E-state index in [-0.39, 0.29) is 0 Å². The monoisotopic (exact) mass is 216 g/mol. The molecule has 0 fully saturated rings. The van der Waals surface area contributed by atoms with Crippen molar-refractivity contribution in [1.29, 1.82) is 0 Å². The Morgan fingerprint density at radius 3 is 2.75 bits per heavy atom. The van der Waals surface area contributed by atoms with Gasteiger partial charge in [0, 0.05) is 11.3 Å². The average molecular weight is 216 g/mol. The third-order valence-electron chi connectivity index (χ3n) is 2.42. The molecule has 3 nitrogen and oxygen atoms in total. The van der Waals surface area contributed by atoms with E-state index in [9.17, 15) is 0 Å². The van der Waals surface area contributed by atoms with Gasteiger partial charge in [0.05, 0.1) is 12.3 Å². The van der Waals surface area contributed by atoms with Crippen LogP contribution in [0.4, 0.5) is 0 Å². The highest BCUT2D eigenvalue weighted by molar-refractivity contribution is 5.63. The van der Waals surface area contributed by atoms with Crippen molar-refractivity contribution in [2.45, 2.75) is 20.8 Å². The molecule has 2 rings (SSSR count). The predicted octanol–water partition coefficient (Wildman–Crippen LogP) is 3.09. The van der Waals surface area contributed by atoms with Gasteiger partial charge in [-0.2, -0.15) is 0 Å². The summed E-state index contributed by atoms with van der Waals surface area (Å²) in [7, 11) is 0. The van der Waals surface area contributed by atoms with E-state index in [4.69, 9.17) is 4.74 Å². The molecule has 0 spiro atoms. The van der Waals surface area contributed by atoms with E-state index in [1.54, 1.807) is 0 Å². The number of nitrogens with zero attached hydrogens (tertiary/aromatic N) is 1. The number of rotatable bonds is 3. The van der Waals surface area contributed by atoms with Crippen LogP contribution in [0.5, 0.6) is 5.75 Å². The Bertz CT molecular complexity index is 488. The lowest BCUT2D eigenvalue weighted by Gasteiger charge is -2.04. The van der Waals surface area contributed by atoms with Crippen LogP contribution in [0, 0.1) is 13.8 Å². The van der Waals surface area contributed by atoms with Crippen LogP contribution in [0.25, 0.3) is 11.3 Å². The topological polar surface area (TPSA) is 37.9 Å². The Morgan fingerprint density at radius 2 is 2.12 bits per heavy atom. The summed E-state index contributed by atoms with van der Waals surface area (Å²) in [5, 5.41) is 0. The second-order valence-corrected chi connectivity index (χ2v) is 3.76. The SMILES string of the molecule is CCOc1cccc(-c2nc(C)[nH]c2C)c1. The highest BCUT2D eigenvalue weighted by Gasteiger charge is 2.07. The molecule has 0 bridgehead atoms. The molecule has 0 saturated heterocycles. The van der Waals surface area contributed by atoms with Crippen LogP contribution in [0.3, 0.4) is 0 Å². The van der Waals surface area contributed by atoms with E-state index < -0.39 is 0 Å². The summed E-state index contributed by atoms with van der Waals surface area (Å²) in [6, 6.07) is 8.02. The van der Waals surface area contributed by atoms with Crippen molar-refractivity contribution in [2.75, 3.05) is 6.61 Å². The van der Waals surface area contributed by atoms with Gasteiger partial charge in [-0.3, -0.25) is 0 Å². The molecule has 0 radical (unpaired) electrons. The van der Waals surface area contributed by atoms with Gasteiger partial charge in [0.15, 0.2) is 0 Å². The van der Waals surface area contributed by atoms with Crippen molar-refractivity contribution in [3.63, 3.8) is 0 Å². The van der Waals surface area contributed by atoms with Gasteiger partial charge < -0.3 is 9.72 Å². The summed E-state index contributed by atoms with van der Waals surface area (Å²) in [5.41, 5.74) is 3.18. The molecule has 0 saturated carbocycles. The molecular formula is C13H16N2O. The first-order valence-electron chi connectivity index (χ1n) is 5.47. The predicted molar refractivity (Wildman–Crippen MR) is 64.7 cm³/mol. The number of aromatic nitrogens is 2. The Hall–Kier alpha value is -1.77. The summed E-state index contributed by atoms with van der Waals surface area (Å²) < 4.78 is 5.48. The van der Waals surface area contributed by atoms with Gasteiger partial charge in [-0.25, -0.2) is 4.98 Å². The lowest BCUT2D eigenvalue weighted by atomic mass is 10.1. The van der Waals surface area contributed by atoms with Crippen LogP contribution in [0.2, 0.25) is 0 Å². The van der Waals surface area contributed by atoms with Crippen molar-refractivity contribution in [3.8, 4) is 17.0 Å². The fourth-order valence-corrected chi connectivity index (χ4v) is 1.79. The van der Waals surface area contributed by atoms with E-state index >= 15 is 0 Å². The van der Waals surface area contributed by atoms with E-state index in [0.29, 0.717) is 6.61 Å². The standard InChI is InChI=1S/C13H16N2O/c1-4-16-12-7-5-6-11(8-12)13-9(2)14-10(3)15-13/h5-8H,4H2,1-3H3,(H,14,15). The minimum atomic E-state index is 0.683. The number of ether oxygens (including phenoxy) is 1. The van der Waals surface area contributed by atoms with Crippen molar-refractivity contribution < 1.29 is 4.74 Å². The van der Waals surface area contributed by atoms with E-state index in [2.05, 4.69) is 9.97 Å². The van der Waals surface area contributed by atoms with Gasteiger partial charge in [0.25, 0.3) is 0 Å². The zero-order chi connectivity index (χ0) is 11.5. The Labute approximate surface area is 95.5 Å². The van der Waals surface area contributed by atoms with Crippen LogP contribution >= 0.6 is 0 Å². The molecule has 1 heterocycles. The number of H-pyrrole nitrogens is 1. The summed E-state index contributed by atoms with van der Waals surface area (Å²) in [6.07, 6.45) is 0. The van der Waals surface area contributed by atoms with Crippen molar-refractivity contribution in [2.24, 2.45) is 0 Å². The number of aromatic amines is 1. The molecule has 0 atom stereocenters. The molecule has 0 aliphatic rings. The van der Waals surface area contributed by atoms with Crippen molar-refractivity contribution >= 4 is 0 Å². The third-order valence-corrected chi connectivity index (χ3v) is 2.42. The molecule has 0 unspecified atom stereocenters. The summed E-state index contributed by atoms with van der Waals surface area (Å²) in [5.74, 6) is 1.83. The molecule has 0 aliphatic carbocycles. The zero-order valence-electron chi connectivity index (χ0n) is 9.87. The molecule has 0 aliphatic heterocycles. The second-order valence-electron chi connectivity index (χ2n) is 3.76. The van der Waals surface area contributed by atoms with Gasteiger partial charge in [-0.1, -0.05) is 12.1 Å². The Kier molecular flexibility index (Phi) is 2.95. The molecule has 2 aromatic rings. The van der Waals surface area contributed by atoms with Gasteiger partial charge >= 0.3 is 0 Å². The number of benzene rings is 1. The maximum atomic E-state index is 5.48. The minimum absolute atomic E-state index is 0.683. The van der Waals surface area contributed by atoms with Crippen LogP contribution in [0.1, 0.15) is 18.4 Å². The number of hydrogen-bond donors (Lipinski definition) is 1. The summed E-state index contributed by atoms with van der Waals surface area (Å²) in [6.45, 7) is 6.66. The molecule has 3 heteroatoms. The molecule has 0 amide bonds. The number of aryl methyl sites for hydroxylation is 2. The molecule has 16 heavy (non-hydrogen) atoms. The number of nitrogens with one attached hydrogen (secondary N) is 1. The normalized spacial score (nSPS) is 10.4. The minimum Gasteiger partial charge on any atom is -0.494 e. The molecule has 1 aromatic carbocycles. The Morgan fingerprint density at radius 1 is 1.31 bits per heavy atom. The van der Waals surface area contributed by atoms with Gasteiger partial charge in [-0.05, 0) is 32.9 Å². The fraction of sp³-hybridized carbons (Fsp3) is 0.308. The lowest BCUT2D eigenvalue weighted by molar-refractivity contribution is 0.340. The second kappa shape index (κ2) is 4.39. The molecular weight excluding hydrogens is 200 g/mol. The Balaban J connectivity index is 2.40. The smallest absolute Gasteiger partial charge is 0.119 e. The molecule has 84 valence electrons. The maximum absolute atomic E-state index is 5.48. The van der Waals surface area contributed by atoms with Gasteiger partial charge in [0.1, 0.15) is 11.6 Å². The molecule has 1 aromatic heterocycles. The quantitative estimate of drug-likeness (QED) is 0.856. The summed E-state index contributed by atoms with van der Waals surface area (Å²) >= 11 is 0. The van der Waals surface area contributed by atoms with Crippen LogP contribution in [0.15, 0.2) is 24.3 Å². The summed E-state index contributed by atoms with van der Waals surface area (Å²) in [4.78, 5) is 7.68. The van der Waals surface area contributed by atoms with Crippen molar-refractivity contribution in [3.05, 3.63) is 35.8 Å². The van der Waals surface area contributed by atoms with Crippen LogP contribution in [-0.4, -0.2) is 16.6 Å². The average Bonchev–Trinajstić information content (AvgIpc) is 2.59. The molecule has 1 N–H and O–H groups in total. The van der Waals surface area contributed by atoms with Crippen molar-refractivity contribution in [1.82, 2.24) is 9.97 Å². The van der Waals surface area contributed by atoms with Gasteiger partial charge in [0.2, 0.25) is 0 Å². The largest absolute Gasteiger partial charge is 0.494 e. The first-order chi connectivity index (χ1) is 7.70. The highest BCUT2D eigenvalue weighted by Crippen LogP contribution is 2.24. The fourth-order valence-electron chi connectivity index (χ4n) is 1.79. The third kappa shape index (κ3) is 2.08. The lowest BCUT2D eigenvalue weighted by Crippen LogP contribution is -1.91. The van der Waals surface area contributed by atoms with E-state index in [1.807, 2.05) is 45.0 Å². The highest BCUT2D eigenvalue weighted by atomic mass is 16.5. The van der Waals surface area contributed by atoms with E-state index in [1.165, 1.54) is 0 Å².